The van der Waals surface area contributed by atoms with E-state index in [2.05, 4.69) is 10.5 Å². The molecule has 3 aromatic rings. The van der Waals surface area contributed by atoms with Gasteiger partial charge in [-0.25, -0.2) is 0 Å². The number of hydrogen-bond donors (Lipinski definition) is 2. The number of nitrogens with one attached hydrogen (secondary N) is 1. The maximum atomic E-state index is 12.1. The normalized spacial score (nSPS) is 10.7. The molecule has 2 aromatic heterocycles. The first-order valence-electron chi connectivity index (χ1n) is 6.12. The number of anilines is 1. The topological polar surface area (TPSA) is 111 Å². The number of fused-ring (bicyclic) bond motifs is 1. The third kappa shape index (κ3) is 2.25. The van der Waals surface area contributed by atoms with Crippen LogP contribution in [0.25, 0.3) is 11.0 Å². The monoisotopic (exact) mass is 285 g/mol. The smallest absolute Gasteiger partial charge is 0.286 e. The van der Waals surface area contributed by atoms with E-state index in [9.17, 15) is 9.59 Å². The van der Waals surface area contributed by atoms with E-state index in [4.69, 9.17) is 14.7 Å². The van der Waals surface area contributed by atoms with Gasteiger partial charge in [0.15, 0.2) is 5.69 Å². The van der Waals surface area contributed by atoms with Crippen molar-refractivity contribution < 1.29 is 18.5 Å². The van der Waals surface area contributed by atoms with E-state index in [0.29, 0.717) is 16.7 Å². The lowest BCUT2D eigenvalue weighted by atomic mass is 10.2. The maximum Gasteiger partial charge on any atom is 0.286 e. The summed E-state index contributed by atoms with van der Waals surface area (Å²) in [6.07, 6.45) is 0. The van der Waals surface area contributed by atoms with Gasteiger partial charge in [0.25, 0.3) is 11.8 Å². The molecule has 7 nitrogen and oxygen atoms in total. The molecule has 0 aliphatic carbocycles. The first-order valence-corrected chi connectivity index (χ1v) is 6.12. The molecule has 0 saturated heterocycles. The molecule has 0 aliphatic heterocycles. The van der Waals surface area contributed by atoms with Crippen molar-refractivity contribution in [2.75, 3.05) is 5.32 Å². The zero-order valence-electron chi connectivity index (χ0n) is 11.0. The van der Waals surface area contributed by atoms with Crippen molar-refractivity contribution in [3.8, 4) is 0 Å². The number of benzene rings is 1. The second-order valence-corrected chi connectivity index (χ2v) is 4.44. The number of rotatable bonds is 3. The molecule has 1 aromatic carbocycles. The van der Waals surface area contributed by atoms with Crippen LogP contribution in [0, 0.1) is 6.92 Å². The summed E-state index contributed by atoms with van der Waals surface area (Å²) < 4.78 is 10.2. The number of nitrogens with two attached hydrogens (primary N) is 1. The van der Waals surface area contributed by atoms with Crippen molar-refractivity contribution >= 4 is 28.5 Å². The van der Waals surface area contributed by atoms with Crippen molar-refractivity contribution in [3.63, 3.8) is 0 Å². The van der Waals surface area contributed by atoms with Crippen LogP contribution < -0.4 is 11.1 Å². The summed E-state index contributed by atoms with van der Waals surface area (Å²) >= 11 is 0. The standard InChI is InChI=1S/C14H11N3O4/c1-7-6-9(17-21-7)14(19)16-11-8-4-2-3-5-10(8)20-12(11)13(15)18/h2-6H,1H3,(H2,15,18)(H,16,19). The van der Waals surface area contributed by atoms with Gasteiger partial charge in [-0.1, -0.05) is 17.3 Å². The van der Waals surface area contributed by atoms with Crippen LogP contribution >= 0.6 is 0 Å². The molecule has 0 spiro atoms. The van der Waals surface area contributed by atoms with Crippen LogP contribution in [0.4, 0.5) is 5.69 Å². The highest BCUT2D eigenvalue weighted by atomic mass is 16.5. The summed E-state index contributed by atoms with van der Waals surface area (Å²) in [7, 11) is 0. The molecule has 0 saturated carbocycles. The number of aryl methyl sites for hydroxylation is 1. The van der Waals surface area contributed by atoms with Gasteiger partial charge >= 0.3 is 0 Å². The quantitative estimate of drug-likeness (QED) is 0.765. The Hall–Kier alpha value is -3.09. The molecule has 0 bridgehead atoms. The third-order valence-electron chi connectivity index (χ3n) is 2.92. The lowest BCUT2D eigenvalue weighted by Crippen LogP contribution is -2.17. The Bertz CT molecular complexity index is 847. The molecular weight excluding hydrogens is 274 g/mol. The van der Waals surface area contributed by atoms with Gasteiger partial charge in [-0.3, -0.25) is 9.59 Å². The zero-order chi connectivity index (χ0) is 15.0. The summed E-state index contributed by atoms with van der Waals surface area (Å²) in [6.45, 7) is 1.67. The number of furan rings is 1. The average Bonchev–Trinajstić information content (AvgIpc) is 3.03. The Kier molecular flexibility index (Phi) is 2.94. The minimum atomic E-state index is -0.766. The minimum Gasteiger partial charge on any atom is -0.449 e. The molecule has 0 aliphatic rings. The van der Waals surface area contributed by atoms with E-state index >= 15 is 0 Å². The molecule has 106 valence electrons. The van der Waals surface area contributed by atoms with Crippen molar-refractivity contribution in [1.82, 2.24) is 5.16 Å². The number of hydrogen-bond acceptors (Lipinski definition) is 5. The molecule has 0 unspecified atom stereocenters. The van der Waals surface area contributed by atoms with Crippen LogP contribution in [0.5, 0.6) is 0 Å². The molecule has 0 atom stereocenters. The lowest BCUT2D eigenvalue weighted by Gasteiger charge is -2.01. The van der Waals surface area contributed by atoms with Gasteiger partial charge in [0.1, 0.15) is 17.0 Å². The van der Waals surface area contributed by atoms with Gasteiger partial charge in [0, 0.05) is 11.5 Å². The molecule has 0 fully saturated rings. The molecule has 2 amide bonds. The summed E-state index contributed by atoms with van der Waals surface area (Å²) in [5, 5.41) is 6.79. The van der Waals surface area contributed by atoms with E-state index in [-0.39, 0.29) is 17.1 Å². The summed E-state index contributed by atoms with van der Waals surface area (Å²) in [4.78, 5) is 23.6. The highest BCUT2D eigenvalue weighted by Gasteiger charge is 2.21. The van der Waals surface area contributed by atoms with Gasteiger partial charge in [0.05, 0.1) is 0 Å². The minimum absolute atomic E-state index is 0.105. The Morgan fingerprint density at radius 3 is 2.71 bits per heavy atom. The lowest BCUT2D eigenvalue weighted by molar-refractivity contribution is 0.0977. The number of primary amides is 1. The van der Waals surface area contributed by atoms with Crippen molar-refractivity contribution in [2.45, 2.75) is 6.92 Å². The zero-order valence-corrected chi connectivity index (χ0v) is 11.0. The summed E-state index contributed by atoms with van der Waals surface area (Å²) in [6, 6.07) is 8.40. The first kappa shape index (κ1) is 12.9. The van der Waals surface area contributed by atoms with Gasteiger partial charge in [0.2, 0.25) is 5.76 Å². The van der Waals surface area contributed by atoms with Crippen LogP contribution in [0.3, 0.4) is 0 Å². The molecule has 7 heteroatoms. The first-order chi connectivity index (χ1) is 10.1. The fraction of sp³-hybridized carbons (Fsp3) is 0.0714. The average molecular weight is 285 g/mol. The third-order valence-corrected chi connectivity index (χ3v) is 2.92. The second-order valence-electron chi connectivity index (χ2n) is 4.44. The number of aromatic nitrogens is 1. The van der Waals surface area contributed by atoms with Crippen LogP contribution in [0.2, 0.25) is 0 Å². The van der Waals surface area contributed by atoms with E-state index in [1.807, 2.05) is 0 Å². The van der Waals surface area contributed by atoms with Crippen LogP contribution in [-0.2, 0) is 0 Å². The molecule has 3 rings (SSSR count). The Labute approximate surface area is 118 Å². The highest BCUT2D eigenvalue weighted by molar-refractivity contribution is 6.13. The van der Waals surface area contributed by atoms with Gasteiger partial charge in [-0.15, -0.1) is 0 Å². The number of carbonyl (C=O) groups excluding carboxylic acids is 2. The number of amides is 2. The number of nitrogens with zero attached hydrogens (tertiary/aromatic N) is 1. The van der Waals surface area contributed by atoms with Crippen LogP contribution in [-0.4, -0.2) is 17.0 Å². The maximum absolute atomic E-state index is 12.1. The van der Waals surface area contributed by atoms with Gasteiger partial charge < -0.3 is 20.0 Å². The number of para-hydroxylation sites is 1. The predicted molar refractivity (Wildman–Crippen MR) is 73.9 cm³/mol. The van der Waals surface area contributed by atoms with E-state index in [0.717, 1.165) is 0 Å². The fourth-order valence-corrected chi connectivity index (χ4v) is 1.99. The predicted octanol–water partition coefficient (Wildman–Crippen LogP) is 2.08. The van der Waals surface area contributed by atoms with Crippen LogP contribution in [0.15, 0.2) is 39.3 Å². The molecule has 21 heavy (non-hydrogen) atoms. The largest absolute Gasteiger partial charge is 0.449 e. The molecule has 2 heterocycles. The van der Waals surface area contributed by atoms with Crippen molar-refractivity contribution in [1.29, 1.82) is 0 Å². The SMILES string of the molecule is Cc1cc(C(=O)Nc2c(C(N)=O)oc3ccccc23)no1. The van der Waals surface area contributed by atoms with Crippen molar-refractivity contribution in [3.05, 3.63) is 47.5 Å². The Morgan fingerprint density at radius 1 is 1.29 bits per heavy atom. The van der Waals surface area contributed by atoms with Crippen LogP contribution in [0.1, 0.15) is 26.8 Å². The summed E-state index contributed by atoms with van der Waals surface area (Å²) in [5.41, 5.74) is 6.07. The van der Waals surface area contributed by atoms with Gasteiger partial charge in [-0.05, 0) is 19.1 Å². The van der Waals surface area contributed by atoms with E-state index in [1.165, 1.54) is 6.07 Å². The summed E-state index contributed by atoms with van der Waals surface area (Å²) in [5.74, 6) is -0.879. The number of carbonyl (C=O) groups is 2. The van der Waals surface area contributed by atoms with Gasteiger partial charge in [-0.2, -0.15) is 0 Å². The van der Waals surface area contributed by atoms with Crippen molar-refractivity contribution in [2.24, 2.45) is 5.73 Å². The second kappa shape index (κ2) is 4.78. The highest BCUT2D eigenvalue weighted by Crippen LogP contribution is 2.30. The van der Waals surface area contributed by atoms with E-state index < -0.39 is 11.8 Å². The Balaban J connectivity index is 2.05. The Morgan fingerprint density at radius 2 is 2.05 bits per heavy atom. The van der Waals surface area contributed by atoms with E-state index in [1.54, 1.807) is 31.2 Å². The molecule has 0 radical (unpaired) electrons. The molecule has 3 N–H and O–H groups in total. The fourth-order valence-electron chi connectivity index (χ4n) is 1.99. The molecular formula is C14H11N3O4.